The number of anilines is 1. The second kappa shape index (κ2) is 8.52. The molecule has 2 N–H and O–H groups in total. The number of hydrogen-bond donors (Lipinski definition) is 2. The van der Waals surface area contributed by atoms with Gasteiger partial charge in [-0.1, -0.05) is 48.5 Å². The van der Waals surface area contributed by atoms with Gasteiger partial charge in [-0.05, 0) is 37.5 Å². The molecule has 1 aliphatic heterocycles. The molecule has 0 aliphatic carbocycles. The molecule has 5 heteroatoms. The standard InChI is InChI=1S/C21H25N3O2/c1-16(17-8-4-2-5-9-17)22-20(25)18-12-14-24(15-13-18)21(26)23-19-10-6-3-7-11-19/h2-11,16,18H,12-15H2,1H3,(H,22,25)(H,23,26)/t16-/m1/s1. The van der Waals surface area contributed by atoms with Gasteiger partial charge in [0.2, 0.25) is 5.91 Å². The van der Waals surface area contributed by atoms with Crippen molar-refractivity contribution in [2.24, 2.45) is 5.92 Å². The summed E-state index contributed by atoms with van der Waals surface area (Å²) in [5.41, 5.74) is 1.88. The molecule has 2 aromatic rings. The van der Waals surface area contributed by atoms with Crippen molar-refractivity contribution in [1.29, 1.82) is 0 Å². The quantitative estimate of drug-likeness (QED) is 0.880. The number of benzene rings is 2. The molecule has 136 valence electrons. The summed E-state index contributed by atoms with van der Waals surface area (Å²) < 4.78 is 0. The Bertz CT molecular complexity index is 725. The summed E-state index contributed by atoms with van der Waals surface area (Å²) in [6.45, 7) is 3.18. The van der Waals surface area contributed by atoms with E-state index >= 15 is 0 Å². The van der Waals surface area contributed by atoms with E-state index < -0.39 is 0 Å². The van der Waals surface area contributed by atoms with E-state index in [1.54, 1.807) is 4.90 Å². The fourth-order valence-corrected chi connectivity index (χ4v) is 3.23. The maximum absolute atomic E-state index is 12.5. The van der Waals surface area contributed by atoms with Crippen molar-refractivity contribution in [1.82, 2.24) is 10.2 Å². The van der Waals surface area contributed by atoms with Crippen LogP contribution < -0.4 is 10.6 Å². The van der Waals surface area contributed by atoms with Crippen LogP contribution in [0.2, 0.25) is 0 Å². The Morgan fingerprint density at radius 1 is 0.962 bits per heavy atom. The number of rotatable bonds is 4. The van der Waals surface area contributed by atoms with Gasteiger partial charge in [-0.15, -0.1) is 0 Å². The number of carbonyl (C=O) groups excluding carboxylic acids is 2. The molecule has 0 spiro atoms. The molecule has 1 saturated heterocycles. The molecule has 1 heterocycles. The molecule has 2 aromatic carbocycles. The summed E-state index contributed by atoms with van der Waals surface area (Å²) in [4.78, 5) is 26.6. The van der Waals surface area contributed by atoms with Crippen molar-refractivity contribution in [3.05, 3.63) is 66.2 Å². The maximum Gasteiger partial charge on any atom is 0.321 e. The van der Waals surface area contributed by atoms with Gasteiger partial charge in [0.25, 0.3) is 0 Å². The lowest BCUT2D eigenvalue weighted by Gasteiger charge is -2.32. The third-order valence-electron chi connectivity index (χ3n) is 4.84. The second-order valence-electron chi connectivity index (χ2n) is 6.70. The summed E-state index contributed by atoms with van der Waals surface area (Å²) in [5, 5.41) is 5.99. The molecule has 3 amide bonds. The van der Waals surface area contributed by atoms with Crippen molar-refractivity contribution in [3.63, 3.8) is 0 Å². The van der Waals surface area contributed by atoms with Gasteiger partial charge in [-0.2, -0.15) is 0 Å². The third-order valence-corrected chi connectivity index (χ3v) is 4.84. The minimum absolute atomic E-state index is 0.0110. The molecule has 1 atom stereocenters. The zero-order chi connectivity index (χ0) is 18.4. The highest BCUT2D eigenvalue weighted by atomic mass is 16.2. The van der Waals surface area contributed by atoms with E-state index in [9.17, 15) is 9.59 Å². The molecule has 0 bridgehead atoms. The molecule has 1 fully saturated rings. The summed E-state index contributed by atoms with van der Waals surface area (Å²) >= 11 is 0. The zero-order valence-corrected chi connectivity index (χ0v) is 15.0. The van der Waals surface area contributed by atoms with Gasteiger partial charge >= 0.3 is 6.03 Å². The van der Waals surface area contributed by atoms with Crippen molar-refractivity contribution in [2.75, 3.05) is 18.4 Å². The largest absolute Gasteiger partial charge is 0.349 e. The molecule has 0 saturated carbocycles. The van der Waals surface area contributed by atoms with Crippen LogP contribution in [0.4, 0.5) is 10.5 Å². The van der Waals surface area contributed by atoms with E-state index in [1.807, 2.05) is 67.6 Å². The fourth-order valence-electron chi connectivity index (χ4n) is 3.23. The van der Waals surface area contributed by atoms with Gasteiger partial charge < -0.3 is 15.5 Å². The van der Waals surface area contributed by atoms with Gasteiger partial charge in [0.15, 0.2) is 0 Å². The van der Waals surface area contributed by atoms with E-state index in [4.69, 9.17) is 0 Å². The number of urea groups is 1. The smallest absolute Gasteiger partial charge is 0.321 e. The van der Waals surface area contributed by atoms with Gasteiger partial charge in [-0.25, -0.2) is 4.79 Å². The highest BCUT2D eigenvalue weighted by Gasteiger charge is 2.28. The zero-order valence-electron chi connectivity index (χ0n) is 15.0. The number of amides is 3. The highest BCUT2D eigenvalue weighted by Crippen LogP contribution is 2.20. The van der Waals surface area contributed by atoms with E-state index in [0.717, 1.165) is 11.3 Å². The number of likely N-dealkylation sites (tertiary alicyclic amines) is 1. The molecular weight excluding hydrogens is 326 g/mol. The molecule has 0 aromatic heterocycles. The Morgan fingerprint density at radius 3 is 2.15 bits per heavy atom. The monoisotopic (exact) mass is 351 g/mol. The molecule has 3 rings (SSSR count). The summed E-state index contributed by atoms with van der Waals surface area (Å²) in [6.07, 6.45) is 1.38. The first-order chi connectivity index (χ1) is 12.6. The molecule has 5 nitrogen and oxygen atoms in total. The normalized spacial score (nSPS) is 16.0. The number of para-hydroxylation sites is 1. The Balaban J connectivity index is 1.47. The van der Waals surface area contributed by atoms with Crippen LogP contribution in [-0.2, 0) is 4.79 Å². The van der Waals surface area contributed by atoms with Crippen molar-refractivity contribution >= 4 is 17.6 Å². The number of carbonyl (C=O) groups is 2. The number of nitrogens with zero attached hydrogens (tertiary/aromatic N) is 1. The first-order valence-electron chi connectivity index (χ1n) is 9.10. The second-order valence-corrected chi connectivity index (χ2v) is 6.70. The topological polar surface area (TPSA) is 61.4 Å². The van der Waals surface area contributed by atoms with Crippen molar-refractivity contribution < 1.29 is 9.59 Å². The molecular formula is C21H25N3O2. The summed E-state index contributed by atoms with van der Waals surface area (Å²) in [5.74, 6) is 0.0337. The van der Waals surface area contributed by atoms with Crippen LogP contribution in [0.5, 0.6) is 0 Å². The van der Waals surface area contributed by atoms with Crippen molar-refractivity contribution in [3.8, 4) is 0 Å². The molecule has 1 aliphatic rings. The molecule has 0 unspecified atom stereocenters. The van der Waals surface area contributed by atoms with Crippen LogP contribution in [0.15, 0.2) is 60.7 Å². The van der Waals surface area contributed by atoms with Crippen LogP contribution in [0.3, 0.4) is 0 Å². The average molecular weight is 351 g/mol. The van der Waals surface area contributed by atoms with Crippen LogP contribution >= 0.6 is 0 Å². The van der Waals surface area contributed by atoms with E-state index in [0.29, 0.717) is 25.9 Å². The average Bonchev–Trinajstić information content (AvgIpc) is 2.69. The Hall–Kier alpha value is -2.82. The van der Waals surface area contributed by atoms with E-state index in [-0.39, 0.29) is 23.9 Å². The van der Waals surface area contributed by atoms with Gasteiger partial charge in [0.05, 0.1) is 6.04 Å². The Labute approximate surface area is 154 Å². The minimum atomic E-state index is -0.104. The number of nitrogens with one attached hydrogen (secondary N) is 2. The maximum atomic E-state index is 12.5. The van der Waals surface area contributed by atoms with Crippen molar-refractivity contribution in [2.45, 2.75) is 25.8 Å². The van der Waals surface area contributed by atoms with E-state index in [1.165, 1.54) is 0 Å². The predicted octanol–water partition coefficient (Wildman–Crippen LogP) is 3.81. The highest BCUT2D eigenvalue weighted by molar-refractivity contribution is 5.89. The van der Waals surface area contributed by atoms with Gasteiger partial charge in [0, 0.05) is 24.7 Å². The Kier molecular flexibility index (Phi) is 5.89. The Morgan fingerprint density at radius 2 is 1.54 bits per heavy atom. The summed E-state index contributed by atoms with van der Waals surface area (Å²) in [7, 11) is 0. The SMILES string of the molecule is C[C@@H](NC(=O)C1CCN(C(=O)Nc2ccccc2)CC1)c1ccccc1. The number of piperidine rings is 1. The van der Waals surface area contributed by atoms with E-state index in [2.05, 4.69) is 10.6 Å². The number of hydrogen-bond acceptors (Lipinski definition) is 2. The van der Waals surface area contributed by atoms with Crippen LogP contribution in [0, 0.1) is 5.92 Å². The summed E-state index contributed by atoms with van der Waals surface area (Å²) in [6, 6.07) is 19.2. The van der Waals surface area contributed by atoms with Crippen LogP contribution in [0.1, 0.15) is 31.4 Å². The van der Waals surface area contributed by atoms with Crippen LogP contribution in [0.25, 0.3) is 0 Å². The van der Waals surface area contributed by atoms with Crippen LogP contribution in [-0.4, -0.2) is 29.9 Å². The van der Waals surface area contributed by atoms with Gasteiger partial charge in [-0.3, -0.25) is 4.79 Å². The fraction of sp³-hybridized carbons (Fsp3) is 0.333. The lowest BCUT2D eigenvalue weighted by atomic mass is 9.95. The molecule has 0 radical (unpaired) electrons. The minimum Gasteiger partial charge on any atom is -0.349 e. The first kappa shape index (κ1) is 18.0. The lowest BCUT2D eigenvalue weighted by Crippen LogP contribution is -2.44. The lowest BCUT2D eigenvalue weighted by molar-refractivity contribution is -0.126. The third kappa shape index (κ3) is 4.63. The van der Waals surface area contributed by atoms with Gasteiger partial charge in [0.1, 0.15) is 0 Å². The predicted molar refractivity (Wildman–Crippen MR) is 103 cm³/mol. The first-order valence-corrected chi connectivity index (χ1v) is 9.10. The molecule has 26 heavy (non-hydrogen) atoms.